The van der Waals surface area contributed by atoms with Crippen LogP contribution in [0.5, 0.6) is 0 Å². The van der Waals surface area contributed by atoms with Crippen molar-refractivity contribution in [1.29, 1.82) is 0 Å². The molecule has 1 fully saturated rings. The zero-order valence-electron chi connectivity index (χ0n) is 21.7. The molecule has 1 unspecified atom stereocenters. The van der Waals surface area contributed by atoms with E-state index in [9.17, 15) is 24.0 Å². The molecular weight excluding hydrogens is 563 g/mol. The molecule has 214 valence electrons. The van der Waals surface area contributed by atoms with Gasteiger partial charge >= 0.3 is 12.1 Å². The molecule has 2 aromatic rings. The lowest BCUT2D eigenvalue weighted by atomic mass is 10.0. The Kier molecular flexibility index (Phi) is 10.3. The van der Waals surface area contributed by atoms with Crippen LogP contribution in [0.1, 0.15) is 39.9 Å². The van der Waals surface area contributed by atoms with Gasteiger partial charge in [0.2, 0.25) is 5.91 Å². The first kappa shape index (κ1) is 30.7. The molecule has 14 heteroatoms. The number of amides is 6. The van der Waals surface area contributed by atoms with Gasteiger partial charge in [-0.15, -0.1) is 12.4 Å². The van der Waals surface area contributed by atoms with E-state index in [1.54, 1.807) is 36.4 Å². The number of carbonyl (C=O) groups excluding carboxylic acids is 5. The number of hydrogen-bond acceptors (Lipinski definition) is 7. The number of fused-ring (bicyclic) bond motifs is 1. The zero-order valence-corrected chi connectivity index (χ0v) is 23.3. The van der Waals surface area contributed by atoms with E-state index < -0.39 is 36.7 Å². The maximum Gasteiger partial charge on any atom is 0.408 e. The van der Waals surface area contributed by atoms with Gasteiger partial charge in [0, 0.05) is 48.9 Å². The minimum Gasteiger partial charge on any atom is -0.428 e. The summed E-state index contributed by atoms with van der Waals surface area (Å²) in [5, 5.41) is 8.43. The van der Waals surface area contributed by atoms with E-state index in [0.29, 0.717) is 21.8 Å². The first-order valence-electron chi connectivity index (χ1n) is 12.4. The highest BCUT2D eigenvalue weighted by Crippen LogP contribution is 2.30. The van der Waals surface area contributed by atoms with Crippen molar-refractivity contribution in [3.05, 3.63) is 63.7 Å². The third-order valence-electron chi connectivity index (χ3n) is 6.48. The summed E-state index contributed by atoms with van der Waals surface area (Å²) < 4.78 is 4.96. The highest BCUT2D eigenvalue weighted by molar-refractivity contribution is 6.31. The van der Waals surface area contributed by atoms with Crippen molar-refractivity contribution < 1.29 is 28.7 Å². The highest BCUT2D eigenvalue weighted by atomic mass is 35.5. The van der Waals surface area contributed by atoms with Gasteiger partial charge in [-0.1, -0.05) is 29.8 Å². The van der Waals surface area contributed by atoms with Gasteiger partial charge in [-0.05, 0) is 48.2 Å². The van der Waals surface area contributed by atoms with Crippen LogP contribution in [-0.2, 0) is 27.4 Å². The van der Waals surface area contributed by atoms with E-state index >= 15 is 0 Å². The maximum absolute atomic E-state index is 13.1. The Morgan fingerprint density at radius 3 is 2.62 bits per heavy atom. The molecular formula is C26H30Cl2N6O6. The van der Waals surface area contributed by atoms with Crippen molar-refractivity contribution in [3.8, 4) is 0 Å². The van der Waals surface area contributed by atoms with Crippen LogP contribution in [-0.4, -0.2) is 65.5 Å². The van der Waals surface area contributed by atoms with Crippen molar-refractivity contribution in [1.82, 2.24) is 20.4 Å². The number of hydrogen-bond donors (Lipinski definition) is 4. The average Bonchev–Trinajstić information content (AvgIpc) is 3.23. The van der Waals surface area contributed by atoms with Gasteiger partial charge in [0.25, 0.3) is 11.8 Å². The molecule has 6 amide bonds. The molecule has 2 aliphatic rings. The van der Waals surface area contributed by atoms with Gasteiger partial charge in [0.15, 0.2) is 6.73 Å². The minimum absolute atomic E-state index is 0. The SMILES string of the molecule is Cc1ccc(NC(=O)NCc2ccc3c(c2)CN(C2CCC(=O)N(COC(=O)NCCN)C2=O)C3=O)cc1Cl.Cl. The number of aryl methyl sites for hydroxylation is 1. The predicted octanol–water partition coefficient (Wildman–Crippen LogP) is 2.51. The van der Waals surface area contributed by atoms with Gasteiger partial charge in [0.1, 0.15) is 6.04 Å². The van der Waals surface area contributed by atoms with Crippen LogP contribution in [0.15, 0.2) is 36.4 Å². The van der Waals surface area contributed by atoms with Crippen molar-refractivity contribution in [3.63, 3.8) is 0 Å². The summed E-state index contributed by atoms with van der Waals surface area (Å²) in [4.78, 5) is 64.9. The summed E-state index contributed by atoms with van der Waals surface area (Å²) in [5.41, 5.74) is 8.71. The number of piperidine rings is 1. The summed E-state index contributed by atoms with van der Waals surface area (Å²) in [6, 6.07) is 9.13. The fraction of sp³-hybridized carbons (Fsp3) is 0.346. The molecule has 0 aliphatic carbocycles. The van der Waals surface area contributed by atoms with E-state index in [-0.39, 0.29) is 57.3 Å². The molecule has 0 saturated carbocycles. The molecule has 12 nitrogen and oxygen atoms in total. The quantitative estimate of drug-likeness (QED) is 0.342. The normalized spacial score (nSPS) is 16.3. The lowest BCUT2D eigenvalue weighted by Crippen LogP contribution is -2.55. The van der Waals surface area contributed by atoms with Crippen LogP contribution in [0.2, 0.25) is 5.02 Å². The lowest BCUT2D eigenvalue weighted by Gasteiger charge is -2.34. The summed E-state index contributed by atoms with van der Waals surface area (Å²) in [6.45, 7) is 2.10. The van der Waals surface area contributed by atoms with Crippen LogP contribution in [0.3, 0.4) is 0 Å². The summed E-state index contributed by atoms with van der Waals surface area (Å²) >= 11 is 6.10. The number of rotatable bonds is 8. The number of nitrogens with two attached hydrogens (primary N) is 1. The first-order chi connectivity index (χ1) is 18.7. The number of nitrogens with zero attached hydrogens (tertiary/aromatic N) is 2. The Hall–Kier alpha value is -3.87. The van der Waals surface area contributed by atoms with E-state index in [4.69, 9.17) is 22.1 Å². The standard InChI is InChI=1S/C26H29ClN6O6.ClH/c1-15-2-4-18(11-20(15)27)31-25(37)30-12-16-3-5-19-17(10-16)13-32(23(19)35)21-6-7-22(34)33(24(21)36)14-39-26(38)29-9-8-28;/h2-5,10-11,21H,6-9,12-14,28H2,1H3,(H,29,38)(H2,30,31,37);1H. The largest absolute Gasteiger partial charge is 0.428 e. The third-order valence-corrected chi connectivity index (χ3v) is 6.89. The summed E-state index contributed by atoms with van der Waals surface area (Å²) in [7, 11) is 0. The second-order valence-electron chi connectivity index (χ2n) is 9.19. The Balaban J connectivity index is 0.00000441. The molecule has 2 aromatic carbocycles. The Morgan fingerprint density at radius 2 is 1.90 bits per heavy atom. The minimum atomic E-state index is -0.869. The molecule has 5 N–H and O–H groups in total. The molecule has 0 radical (unpaired) electrons. The Bertz CT molecular complexity index is 1320. The van der Waals surface area contributed by atoms with Gasteiger partial charge in [-0.25, -0.2) is 14.5 Å². The number of nitrogens with one attached hydrogen (secondary N) is 3. The Labute approximate surface area is 241 Å². The first-order valence-corrected chi connectivity index (χ1v) is 12.7. The van der Waals surface area contributed by atoms with Crippen LogP contribution >= 0.6 is 24.0 Å². The van der Waals surface area contributed by atoms with Crippen molar-refractivity contribution in [2.45, 2.75) is 38.9 Å². The molecule has 2 heterocycles. The van der Waals surface area contributed by atoms with Gasteiger partial charge in [-0.2, -0.15) is 0 Å². The molecule has 1 atom stereocenters. The molecule has 40 heavy (non-hydrogen) atoms. The van der Waals surface area contributed by atoms with Crippen molar-refractivity contribution in [2.24, 2.45) is 5.73 Å². The molecule has 4 rings (SSSR count). The van der Waals surface area contributed by atoms with E-state index in [2.05, 4.69) is 16.0 Å². The third kappa shape index (κ3) is 7.00. The van der Waals surface area contributed by atoms with Gasteiger partial charge in [0.05, 0.1) is 0 Å². The number of anilines is 1. The maximum atomic E-state index is 13.1. The molecule has 0 aromatic heterocycles. The molecule has 2 aliphatic heterocycles. The number of carbonyl (C=O) groups is 5. The smallest absolute Gasteiger partial charge is 0.408 e. The number of alkyl carbamates (subject to hydrolysis) is 1. The van der Waals surface area contributed by atoms with Gasteiger partial charge in [-0.3, -0.25) is 14.4 Å². The van der Waals surface area contributed by atoms with Crippen molar-refractivity contribution >= 4 is 59.5 Å². The number of imide groups is 1. The summed E-state index contributed by atoms with van der Waals surface area (Å²) in [6.07, 6.45) is -0.601. The van der Waals surface area contributed by atoms with Crippen LogP contribution in [0, 0.1) is 6.92 Å². The highest BCUT2D eigenvalue weighted by Gasteiger charge is 2.43. The fourth-order valence-electron chi connectivity index (χ4n) is 4.38. The molecule has 0 bridgehead atoms. The monoisotopic (exact) mass is 592 g/mol. The second-order valence-corrected chi connectivity index (χ2v) is 9.59. The average molecular weight is 593 g/mol. The van der Waals surface area contributed by atoms with Crippen LogP contribution < -0.4 is 21.7 Å². The number of urea groups is 1. The predicted molar refractivity (Wildman–Crippen MR) is 149 cm³/mol. The van der Waals surface area contributed by atoms with Crippen LogP contribution in [0.4, 0.5) is 15.3 Å². The van der Waals surface area contributed by atoms with Crippen LogP contribution in [0.25, 0.3) is 0 Å². The number of ether oxygens (including phenoxy) is 1. The topological polar surface area (TPSA) is 163 Å². The van der Waals surface area contributed by atoms with Crippen molar-refractivity contribution in [2.75, 3.05) is 25.1 Å². The Morgan fingerprint density at radius 1 is 1.12 bits per heavy atom. The number of halogens is 2. The van der Waals surface area contributed by atoms with E-state index in [0.717, 1.165) is 16.0 Å². The lowest BCUT2D eigenvalue weighted by molar-refractivity contribution is -0.156. The zero-order chi connectivity index (χ0) is 28.1. The molecule has 1 saturated heterocycles. The number of likely N-dealkylation sites (tertiary alicyclic amines) is 1. The molecule has 0 spiro atoms. The fourth-order valence-corrected chi connectivity index (χ4v) is 4.56. The number of benzene rings is 2. The van der Waals surface area contributed by atoms with Gasteiger partial charge < -0.3 is 31.3 Å². The van der Waals surface area contributed by atoms with E-state index in [1.165, 1.54) is 4.90 Å². The second kappa shape index (κ2) is 13.5. The van der Waals surface area contributed by atoms with E-state index in [1.807, 2.05) is 6.92 Å². The summed E-state index contributed by atoms with van der Waals surface area (Å²) in [5.74, 6) is -1.41.